The second-order valence-electron chi connectivity index (χ2n) is 7.15. The molecule has 170 valence electrons. The van der Waals surface area contributed by atoms with Crippen molar-refractivity contribution >= 4 is 33.2 Å². The number of sulfone groups is 1. The number of benzene rings is 2. The number of rotatable bonds is 5. The Hall–Kier alpha value is -4.00. The van der Waals surface area contributed by atoms with Crippen LogP contribution in [-0.2, 0) is 9.84 Å². The molecule has 2 heterocycles. The summed E-state index contributed by atoms with van der Waals surface area (Å²) in [7, 11) is -4.28. The van der Waals surface area contributed by atoms with Gasteiger partial charge in [-0.2, -0.15) is 10.2 Å². The lowest BCUT2D eigenvalue weighted by atomic mass is 10.2. The van der Waals surface area contributed by atoms with Crippen LogP contribution in [0.3, 0.4) is 0 Å². The van der Waals surface area contributed by atoms with E-state index in [0.29, 0.717) is 10.6 Å². The Kier molecular flexibility index (Phi) is 6.20. The highest BCUT2D eigenvalue weighted by molar-refractivity contribution is 7.95. The van der Waals surface area contributed by atoms with E-state index in [1.807, 2.05) is 0 Å². The summed E-state index contributed by atoms with van der Waals surface area (Å²) in [5.41, 5.74) is 0.0283. The summed E-state index contributed by atoms with van der Waals surface area (Å²) in [6.45, 7) is 1.74. The number of hydrogen-bond acceptors (Lipinski definition) is 6. The van der Waals surface area contributed by atoms with Gasteiger partial charge in [-0.3, -0.25) is 9.20 Å². The summed E-state index contributed by atoms with van der Waals surface area (Å²) >= 11 is 5.83. The molecule has 10 heteroatoms. The number of pyridine rings is 1. The lowest BCUT2D eigenvalue weighted by molar-refractivity contribution is 0.459. The molecule has 0 spiro atoms. The van der Waals surface area contributed by atoms with Crippen molar-refractivity contribution < 1.29 is 17.5 Å². The average Bonchev–Trinajstić information content (AvgIpc) is 2.81. The number of allylic oxidation sites excluding steroid dienone is 1. The fourth-order valence-electron chi connectivity index (χ4n) is 3.15. The molecule has 0 amide bonds. The van der Waals surface area contributed by atoms with Gasteiger partial charge in [0.25, 0.3) is 5.56 Å². The van der Waals surface area contributed by atoms with Crippen LogP contribution in [0, 0.1) is 24.1 Å². The zero-order valence-electron chi connectivity index (χ0n) is 17.6. The second kappa shape index (κ2) is 9.09. The van der Waals surface area contributed by atoms with E-state index in [9.17, 15) is 22.9 Å². The maximum absolute atomic E-state index is 13.3. The first-order valence-electron chi connectivity index (χ1n) is 9.78. The standard InChI is InChI=1S/C24H15ClFN3O4S/c1-15-3-2-12-29-22(15)28-23(33-18-8-6-17(26)7-9-18)21(24(29)30)13-20(14-27)34(31,32)19-10-4-16(25)5-11-19/h2-13H,1H3. The highest BCUT2D eigenvalue weighted by Gasteiger charge is 2.24. The van der Waals surface area contributed by atoms with Gasteiger partial charge in [-0.15, -0.1) is 0 Å². The van der Waals surface area contributed by atoms with E-state index in [1.54, 1.807) is 25.1 Å². The topological polar surface area (TPSA) is 102 Å². The smallest absolute Gasteiger partial charge is 0.269 e. The van der Waals surface area contributed by atoms with E-state index in [1.165, 1.54) is 47.0 Å². The molecular formula is C24H15ClFN3O4S. The molecule has 0 aliphatic carbocycles. The third-order valence-corrected chi connectivity index (χ3v) is 6.81. The number of nitrogens with zero attached hydrogens (tertiary/aromatic N) is 3. The summed E-state index contributed by atoms with van der Waals surface area (Å²) < 4.78 is 46.4. The minimum absolute atomic E-state index is 0.167. The van der Waals surface area contributed by atoms with Crippen molar-refractivity contribution in [2.24, 2.45) is 0 Å². The van der Waals surface area contributed by atoms with Gasteiger partial charge in [0.15, 0.2) is 0 Å². The highest BCUT2D eigenvalue weighted by Crippen LogP contribution is 2.28. The maximum atomic E-state index is 13.3. The second-order valence-corrected chi connectivity index (χ2v) is 9.51. The monoisotopic (exact) mass is 495 g/mol. The highest BCUT2D eigenvalue weighted by atomic mass is 35.5. The van der Waals surface area contributed by atoms with E-state index in [0.717, 1.165) is 18.2 Å². The first-order chi connectivity index (χ1) is 16.2. The van der Waals surface area contributed by atoms with Crippen LogP contribution in [-0.4, -0.2) is 17.8 Å². The first-order valence-corrected chi connectivity index (χ1v) is 11.6. The molecule has 0 atom stereocenters. The van der Waals surface area contributed by atoms with Gasteiger partial charge in [-0.05, 0) is 73.2 Å². The van der Waals surface area contributed by atoms with Crippen LogP contribution in [0.15, 0.2) is 81.5 Å². The third-order valence-electron chi connectivity index (χ3n) is 4.88. The quantitative estimate of drug-likeness (QED) is 0.364. The fourth-order valence-corrected chi connectivity index (χ4v) is 4.42. The van der Waals surface area contributed by atoms with Crippen molar-refractivity contribution in [3.8, 4) is 17.7 Å². The van der Waals surface area contributed by atoms with Gasteiger partial charge in [0.2, 0.25) is 15.7 Å². The SMILES string of the molecule is Cc1cccn2c(=O)c(C=C(C#N)S(=O)(=O)c3ccc(Cl)cc3)c(Oc3ccc(F)cc3)nc12. The van der Waals surface area contributed by atoms with Gasteiger partial charge in [-0.25, -0.2) is 12.8 Å². The Morgan fingerprint density at radius 3 is 2.47 bits per heavy atom. The molecule has 0 N–H and O–H groups in total. The molecule has 4 rings (SSSR count). The van der Waals surface area contributed by atoms with E-state index in [-0.39, 0.29) is 27.7 Å². The Labute approximate surface area is 198 Å². The molecule has 34 heavy (non-hydrogen) atoms. The number of nitriles is 1. The lowest BCUT2D eigenvalue weighted by Crippen LogP contribution is -2.20. The van der Waals surface area contributed by atoms with Crippen LogP contribution < -0.4 is 10.3 Å². The van der Waals surface area contributed by atoms with Crippen LogP contribution >= 0.6 is 11.6 Å². The molecule has 2 aromatic heterocycles. The van der Waals surface area contributed by atoms with Crippen molar-refractivity contribution in [1.29, 1.82) is 5.26 Å². The fraction of sp³-hybridized carbons (Fsp3) is 0.0417. The Morgan fingerprint density at radius 1 is 1.15 bits per heavy atom. The van der Waals surface area contributed by atoms with E-state index in [4.69, 9.17) is 16.3 Å². The van der Waals surface area contributed by atoms with E-state index in [2.05, 4.69) is 4.98 Å². The van der Waals surface area contributed by atoms with Crippen molar-refractivity contribution in [3.05, 3.63) is 104 Å². The van der Waals surface area contributed by atoms with Crippen molar-refractivity contribution in [3.63, 3.8) is 0 Å². The largest absolute Gasteiger partial charge is 0.438 e. The molecule has 2 aromatic carbocycles. The summed E-state index contributed by atoms with van der Waals surface area (Å²) in [5, 5.41) is 9.99. The molecule has 7 nitrogen and oxygen atoms in total. The Morgan fingerprint density at radius 2 is 1.82 bits per heavy atom. The molecule has 4 aromatic rings. The number of halogens is 2. The number of fused-ring (bicyclic) bond motifs is 1. The minimum atomic E-state index is -4.28. The van der Waals surface area contributed by atoms with Crippen molar-refractivity contribution in [2.45, 2.75) is 11.8 Å². The zero-order chi connectivity index (χ0) is 24.5. The molecule has 0 saturated carbocycles. The summed E-state index contributed by atoms with van der Waals surface area (Å²) in [5.74, 6) is -0.555. The number of ether oxygens (including phenoxy) is 1. The van der Waals surface area contributed by atoms with Crippen molar-refractivity contribution in [2.75, 3.05) is 0 Å². The summed E-state index contributed by atoms with van der Waals surface area (Å²) in [6, 6.07) is 15.3. The van der Waals surface area contributed by atoms with Gasteiger partial charge >= 0.3 is 0 Å². The number of hydrogen-bond donors (Lipinski definition) is 0. The first kappa shape index (κ1) is 23.2. The van der Waals surface area contributed by atoms with Crippen molar-refractivity contribution in [1.82, 2.24) is 9.38 Å². The Bertz CT molecular complexity index is 1640. The predicted octanol–water partition coefficient (Wildman–Crippen LogP) is 4.93. The van der Waals surface area contributed by atoms with Crippen LogP contribution in [0.1, 0.15) is 11.1 Å². The predicted molar refractivity (Wildman–Crippen MR) is 125 cm³/mol. The van der Waals surface area contributed by atoms with Gasteiger partial charge in [0.05, 0.1) is 4.90 Å². The van der Waals surface area contributed by atoms with E-state index < -0.39 is 26.1 Å². The average molecular weight is 496 g/mol. The van der Waals surface area contributed by atoms with E-state index >= 15 is 0 Å². The zero-order valence-corrected chi connectivity index (χ0v) is 19.1. The molecule has 0 unspecified atom stereocenters. The summed E-state index contributed by atoms with van der Waals surface area (Å²) in [4.78, 5) is 16.8. The lowest BCUT2D eigenvalue weighted by Gasteiger charge is -2.11. The van der Waals surface area contributed by atoms with Crippen LogP contribution in [0.2, 0.25) is 5.02 Å². The maximum Gasteiger partial charge on any atom is 0.269 e. The molecule has 0 fully saturated rings. The van der Waals surface area contributed by atoms with Crippen LogP contribution in [0.5, 0.6) is 11.6 Å². The minimum Gasteiger partial charge on any atom is -0.438 e. The normalized spacial score (nSPS) is 11.9. The molecule has 0 bridgehead atoms. The third kappa shape index (κ3) is 4.41. The molecule has 0 radical (unpaired) electrons. The van der Waals surface area contributed by atoms with Gasteiger partial charge in [0, 0.05) is 11.2 Å². The van der Waals surface area contributed by atoms with Gasteiger partial charge in [0.1, 0.15) is 33.8 Å². The Balaban J connectivity index is 1.95. The molecule has 0 saturated heterocycles. The van der Waals surface area contributed by atoms with Gasteiger partial charge in [-0.1, -0.05) is 17.7 Å². The molecule has 0 aliphatic rings. The van der Waals surface area contributed by atoms with Crippen LogP contribution in [0.4, 0.5) is 4.39 Å². The summed E-state index contributed by atoms with van der Waals surface area (Å²) in [6.07, 6.45) is 2.39. The van der Waals surface area contributed by atoms with Gasteiger partial charge < -0.3 is 4.74 Å². The number of aromatic nitrogens is 2. The number of aryl methyl sites for hydroxylation is 1. The molecular weight excluding hydrogens is 481 g/mol. The molecule has 0 aliphatic heterocycles. The van der Waals surface area contributed by atoms with Crippen LogP contribution in [0.25, 0.3) is 11.7 Å².